The molecule has 0 aliphatic rings. The molecule has 0 saturated heterocycles. The minimum atomic E-state index is -3.17. The van der Waals surface area contributed by atoms with Crippen LogP contribution in [0.5, 0.6) is 0 Å². The van der Waals surface area contributed by atoms with Gasteiger partial charge in [-0.25, -0.2) is 8.42 Å². The van der Waals surface area contributed by atoms with E-state index in [1.54, 1.807) is 20.8 Å². The van der Waals surface area contributed by atoms with Gasteiger partial charge in [0.05, 0.1) is 10.5 Å². The van der Waals surface area contributed by atoms with Crippen molar-refractivity contribution in [3.8, 4) is 0 Å². The first-order chi connectivity index (χ1) is 6.58. The number of hydrogen-bond donors (Lipinski definition) is 2. The van der Waals surface area contributed by atoms with Crippen LogP contribution in [0.3, 0.4) is 0 Å². The Kier molecular flexibility index (Phi) is 4.73. The van der Waals surface area contributed by atoms with Gasteiger partial charge in [-0.3, -0.25) is 4.79 Å². The molecule has 90 valence electrons. The highest BCUT2D eigenvalue weighted by atomic mass is 32.2. The molecule has 2 N–H and O–H groups in total. The second-order valence-corrected chi connectivity index (χ2v) is 7.31. The van der Waals surface area contributed by atoms with E-state index in [4.69, 9.17) is 5.11 Å². The van der Waals surface area contributed by atoms with Crippen LogP contribution >= 0.6 is 0 Å². The van der Waals surface area contributed by atoms with E-state index in [0.717, 1.165) is 0 Å². The Morgan fingerprint density at radius 3 is 2.20 bits per heavy atom. The van der Waals surface area contributed by atoms with Crippen molar-refractivity contribution in [1.29, 1.82) is 0 Å². The molecule has 0 amide bonds. The van der Waals surface area contributed by atoms with Gasteiger partial charge in [0.15, 0.2) is 9.84 Å². The van der Waals surface area contributed by atoms with Crippen molar-refractivity contribution in [3.05, 3.63) is 0 Å². The van der Waals surface area contributed by atoms with Crippen LogP contribution in [0.15, 0.2) is 0 Å². The average Bonchev–Trinajstić information content (AvgIpc) is 2.01. The second kappa shape index (κ2) is 4.94. The topological polar surface area (TPSA) is 83.5 Å². The molecule has 0 rings (SSSR count). The maximum absolute atomic E-state index is 11.6. The molecule has 0 aromatic heterocycles. The minimum Gasteiger partial charge on any atom is -0.480 e. The third-order valence-corrected chi connectivity index (χ3v) is 4.73. The summed E-state index contributed by atoms with van der Waals surface area (Å²) in [4.78, 5) is 10.4. The van der Waals surface area contributed by atoms with Gasteiger partial charge in [0, 0.05) is 6.54 Å². The van der Waals surface area contributed by atoms with Crippen LogP contribution in [0.1, 0.15) is 27.7 Å². The van der Waals surface area contributed by atoms with Crippen molar-refractivity contribution in [1.82, 2.24) is 5.32 Å². The van der Waals surface area contributed by atoms with E-state index in [1.165, 1.54) is 6.92 Å². The molecule has 0 heterocycles. The Bertz CT molecular complexity index is 315. The molecule has 15 heavy (non-hydrogen) atoms. The first-order valence-electron chi connectivity index (χ1n) is 4.76. The van der Waals surface area contributed by atoms with Gasteiger partial charge in [0.1, 0.15) is 6.04 Å². The Labute approximate surface area is 90.8 Å². The zero-order valence-electron chi connectivity index (χ0n) is 9.57. The quantitative estimate of drug-likeness (QED) is 0.716. The van der Waals surface area contributed by atoms with E-state index < -0.39 is 26.6 Å². The van der Waals surface area contributed by atoms with Gasteiger partial charge >= 0.3 is 5.97 Å². The van der Waals surface area contributed by atoms with Crippen molar-refractivity contribution < 1.29 is 18.3 Å². The van der Waals surface area contributed by atoms with Gasteiger partial charge in [0.25, 0.3) is 0 Å². The number of carbonyl (C=O) groups is 1. The van der Waals surface area contributed by atoms with Crippen LogP contribution in [0.25, 0.3) is 0 Å². The van der Waals surface area contributed by atoms with Crippen molar-refractivity contribution in [2.75, 3.05) is 12.3 Å². The molecule has 0 saturated carbocycles. The predicted octanol–water partition coefficient (Wildman–Crippen LogP) is 0.262. The summed E-state index contributed by atoms with van der Waals surface area (Å²) in [6, 6.07) is -0.722. The lowest BCUT2D eigenvalue weighted by atomic mass is 10.3. The van der Waals surface area contributed by atoms with Gasteiger partial charge in [-0.15, -0.1) is 0 Å². The predicted molar refractivity (Wildman–Crippen MR) is 58.6 cm³/mol. The average molecular weight is 237 g/mol. The van der Waals surface area contributed by atoms with Gasteiger partial charge in [-0.2, -0.15) is 0 Å². The number of nitrogens with one attached hydrogen (secondary N) is 1. The van der Waals surface area contributed by atoms with E-state index in [2.05, 4.69) is 5.32 Å². The molecule has 0 spiro atoms. The maximum Gasteiger partial charge on any atom is 0.320 e. The molecule has 0 fully saturated rings. The summed E-state index contributed by atoms with van der Waals surface area (Å²) in [5.74, 6) is -1.03. The maximum atomic E-state index is 11.6. The Morgan fingerprint density at radius 1 is 1.40 bits per heavy atom. The lowest BCUT2D eigenvalue weighted by Crippen LogP contribution is -2.40. The van der Waals surface area contributed by atoms with Crippen molar-refractivity contribution in [3.63, 3.8) is 0 Å². The van der Waals surface area contributed by atoms with Crippen LogP contribution in [0.2, 0.25) is 0 Å². The van der Waals surface area contributed by atoms with E-state index in [0.29, 0.717) is 0 Å². The molecule has 0 bridgehead atoms. The number of aliphatic carboxylic acids is 1. The molecule has 1 unspecified atom stereocenters. The smallest absolute Gasteiger partial charge is 0.320 e. The number of sulfone groups is 1. The van der Waals surface area contributed by atoms with E-state index in [1.807, 2.05) is 0 Å². The number of hydrogen-bond acceptors (Lipinski definition) is 4. The van der Waals surface area contributed by atoms with Crippen molar-refractivity contribution in [2.45, 2.75) is 38.5 Å². The molecule has 0 aromatic carbocycles. The number of rotatable bonds is 5. The van der Waals surface area contributed by atoms with Gasteiger partial charge in [0.2, 0.25) is 0 Å². The monoisotopic (exact) mass is 237 g/mol. The fraction of sp³-hybridized carbons (Fsp3) is 0.889. The van der Waals surface area contributed by atoms with E-state index >= 15 is 0 Å². The molecule has 5 nitrogen and oxygen atoms in total. The lowest BCUT2D eigenvalue weighted by Gasteiger charge is -2.19. The van der Waals surface area contributed by atoms with Crippen LogP contribution in [-0.4, -0.2) is 42.6 Å². The Hall–Kier alpha value is -0.620. The lowest BCUT2D eigenvalue weighted by molar-refractivity contribution is -0.138. The zero-order chi connectivity index (χ0) is 12.3. The SMILES string of the molecule is CC(NCCS(=O)(=O)C(C)(C)C)C(=O)O. The third-order valence-electron chi connectivity index (χ3n) is 2.12. The number of carboxylic acid groups (broad SMARTS) is 1. The first kappa shape index (κ1) is 14.4. The molecule has 0 radical (unpaired) electrons. The highest BCUT2D eigenvalue weighted by Gasteiger charge is 2.28. The summed E-state index contributed by atoms with van der Waals surface area (Å²) >= 11 is 0. The molecule has 6 heteroatoms. The highest BCUT2D eigenvalue weighted by molar-refractivity contribution is 7.92. The summed E-state index contributed by atoms with van der Waals surface area (Å²) in [5, 5.41) is 11.2. The van der Waals surface area contributed by atoms with Gasteiger partial charge in [-0.05, 0) is 27.7 Å². The molecule has 0 aliphatic heterocycles. The normalized spacial score (nSPS) is 14.9. The molecular formula is C9H19NO4S. The van der Waals surface area contributed by atoms with E-state index in [9.17, 15) is 13.2 Å². The van der Waals surface area contributed by atoms with Crippen molar-refractivity contribution >= 4 is 15.8 Å². The van der Waals surface area contributed by atoms with Crippen LogP contribution < -0.4 is 5.32 Å². The van der Waals surface area contributed by atoms with E-state index in [-0.39, 0.29) is 12.3 Å². The van der Waals surface area contributed by atoms with Crippen LogP contribution in [0, 0.1) is 0 Å². The third kappa shape index (κ3) is 4.61. The summed E-state index contributed by atoms with van der Waals surface area (Å²) in [6.07, 6.45) is 0. The molecule has 0 aliphatic carbocycles. The van der Waals surface area contributed by atoms with Gasteiger partial charge < -0.3 is 10.4 Å². The van der Waals surface area contributed by atoms with Gasteiger partial charge in [-0.1, -0.05) is 0 Å². The van der Waals surface area contributed by atoms with Crippen LogP contribution in [0.4, 0.5) is 0 Å². The molecule has 0 aromatic rings. The second-order valence-electron chi connectivity index (χ2n) is 4.45. The standard InChI is InChI=1S/C9H19NO4S/c1-7(8(11)12)10-5-6-15(13,14)9(2,3)4/h7,10H,5-6H2,1-4H3,(H,11,12). The summed E-state index contributed by atoms with van der Waals surface area (Å²) in [7, 11) is -3.17. The van der Waals surface area contributed by atoms with Crippen molar-refractivity contribution in [2.24, 2.45) is 0 Å². The minimum absolute atomic E-state index is 0.0475. The summed E-state index contributed by atoms with van der Waals surface area (Å²) in [5.41, 5.74) is 0. The Morgan fingerprint density at radius 2 is 1.87 bits per heavy atom. The zero-order valence-corrected chi connectivity index (χ0v) is 10.4. The summed E-state index contributed by atoms with van der Waals surface area (Å²) < 4.78 is 22.4. The fourth-order valence-corrected chi connectivity index (χ4v) is 1.80. The Balaban J connectivity index is 4.14. The molecule has 1 atom stereocenters. The van der Waals surface area contributed by atoms with Crippen LogP contribution in [-0.2, 0) is 14.6 Å². The number of carboxylic acids is 1. The fourth-order valence-electron chi connectivity index (χ4n) is 0.803. The highest BCUT2D eigenvalue weighted by Crippen LogP contribution is 2.15. The summed E-state index contributed by atoms with van der Waals surface area (Å²) in [6.45, 7) is 6.52. The first-order valence-corrected chi connectivity index (χ1v) is 6.41. The molecular weight excluding hydrogens is 218 g/mol. The largest absolute Gasteiger partial charge is 0.480 e.